The molecule has 0 aromatic heterocycles. The highest BCUT2D eigenvalue weighted by molar-refractivity contribution is 7.92. The minimum absolute atomic E-state index is 0.338. The van der Waals surface area contributed by atoms with E-state index in [0.717, 1.165) is 24.2 Å². The van der Waals surface area contributed by atoms with Crippen LogP contribution in [0.25, 0.3) is 0 Å². The molecule has 17 heavy (non-hydrogen) atoms. The molecule has 0 radical (unpaired) electrons. The number of nitrogens with zero attached hydrogens (tertiary/aromatic N) is 1. The highest BCUT2D eigenvalue weighted by atomic mass is 32.2. The van der Waals surface area contributed by atoms with Crippen molar-refractivity contribution < 1.29 is 8.42 Å². The van der Waals surface area contributed by atoms with Gasteiger partial charge in [-0.05, 0) is 37.6 Å². The predicted molar refractivity (Wildman–Crippen MR) is 69.8 cm³/mol. The van der Waals surface area contributed by atoms with Gasteiger partial charge >= 0.3 is 0 Å². The normalized spacial score (nSPS) is 20.1. The molecule has 1 N–H and O–H groups in total. The van der Waals surface area contributed by atoms with E-state index in [1.807, 2.05) is 31.3 Å². The minimum Gasteiger partial charge on any atom is -0.319 e. The molecule has 5 heteroatoms. The molecule has 1 aliphatic rings. The molecule has 1 aromatic carbocycles. The van der Waals surface area contributed by atoms with E-state index in [9.17, 15) is 8.42 Å². The van der Waals surface area contributed by atoms with Crippen LogP contribution in [-0.4, -0.2) is 34.8 Å². The zero-order valence-corrected chi connectivity index (χ0v) is 11.0. The Morgan fingerprint density at radius 1 is 1.41 bits per heavy atom. The Morgan fingerprint density at radius 2 is 2.12 bits per heavy atom. The number of rotatable bonds is 3. The molecule has 0 amide bonds. The van der Waals surface area contributed by atoms with E-state index in [2.05, 4.69) is 5.32 Å². The fourth-order valence-corrected chi connectivity index (χ4v) is 3.39. The molecule has 0 fully saturated rings. The van der Waals surface area contributed by atoms with Gasteiger partial charge in [0.2, 0.25) is 10.0 Å². The first kappa shape index (κ1) is 12.4. The summed E-state index contributed by atoms with van der Waals surface area (Å²) in [6.07, 6.45) is 2.20. The van der Waals surface area contributed by atoms with Gasteiger partial charge in [0.05, 0.1) is 11.9 Å². The summed E-state index contributed by atoms with van der Waals surface area (Å²) >= 11 is 0. The van der Waals surface area contributed by atoms with Crippen molar-refractivity contribution in [1.29, 1.82) is 0 Å². The molecule has 4 nitrogen and oxygen atoms in total. The summed E-state index contributed by atoms with van der Waals surface area (Å²) in [5.74, 6) is 0.338. The molecule has 0 spiro atoms. The molecule has 94 valence electrons. The maximum Gasteiger partial charge on any atom is 0.232 e. The second-order valence-corrected chi connectivity index (χ2v) is 6.46. The van der Waals surface area contributed by atoms with Crippen LogP contribution < -0.4 is 9.62 Å². The summed E-state index contributed by atoms with van der Waals surface area (Å²) in [6.45, 7) is 1.40. The lowest BCUT2D eigenvalue weighted by molar-refractivity contribution is 0.487. The van der Waals surface area contributed by atoms with Gasteiger partial charge in [-0.2, -0.15) is 0 Å². The first-order chi connectivity index (χ1) is 8.02. The second kappa shape index (κ2) is 4.66. The molecule has 0 saturated heterocycles. The van der Waals surface area contributed by atoms with Crippen LogP contribution in [0.2, 0.25) is 0 Å². The second-order valence-electron chi connectivity index (χ2n) is 4.55. The van der Waals surface area contributed by atoms with Crippen LogP contribution in [0.15, 0.2) is 24.3 Å². The fourth-order valence-electron chi connectivity index (χ4n) is 2.37. The maximum absolute atomic E-state index is 11.8. The summed E-state index contributed by atoms with van der Waals surface area (Å²) in [7, 11) is -1.29. The van der Waals surface area contributed by atoms with Crippen molar-refractivity contribution in [3.63, 3.8) is 0 Å². The Labute approximate surface area is 103 Å². The van der Waals surface area contributed by atoms with Gasteiger partial charge in [0.25, 0.3) is 0 Å². The topological polar surface area (TPSA) is 49.4 Å². The van der Waals surface area contributed by atoms with Crippen molar-refractivity contribution in [1.82, 2.24) is 5.32 Å². The van der Waals surface area contributed by atoms with Crippen molar-refractivity contribution in [2.45, 2.75) is 6.42 Å². The molecule has 0 aliphatic carbocycles. The number of nitrogens with one attached hydrogen (secondary N) is 1. The lowest BCUT2D eigenvalue weighted by Crippen LogP contribution is -2.42. The number of anilines is 1. The van der Waals surface area contributed by atoms with Gasteiger partial charge in [-0.3, -0.25) is 4.31 Å². The van der Waals surface area contributed by atoms with Gasteiger partial charge in [-0.15, -0.1) is 0 Å². The van der Waals surface area contributed by atoms with Gasteiger partial charge < -0.3 is 5.32 Å². The van der Waals surface area contributed by atoms with Crippen LogP contribution in [0.1, 0.15) is 5.56 Å². The smallest absolute Gasteiger partial charge is 0.232 e. The molecule has 1 heterocycles. The minimum atomic E-state index is -3.18. The summed E-state index contributed by atoms with van der Waals surface area (Å²) in [6, 6.07) is 7.73. The van der Waals surface area contributed by atoms with E-state index >= 15 is 0 Å². The van der Waals surface area contributed by atoms with E-state index in [4.69, 9.17) is 0 Å². The molecule has 1 atom stereocenters. The van der Waals surface area contributed by atoms with Crippen LogP contribution in [-0.2, 0) is 16.4 Å². The van der Waals surface area contributed by atoms with E-state index in [1.54, 1.807) is 0 Å². The third kappa shape index (κ3) is 2.61. The van der Waals surface area contributed by atoms with Crippen molar-refractivity contribution in [3.05, 3.63) is 29.8 Å². The van der Waals surface area contributed by atoms with Crippen LogP contribution in [0.3, 0.4) is 0 Å². The van der Waals surface area contributed by atoms with E-state index in [1.165, 1.54) is 10.6 Å². The zero-order valence-electron chi connectivity index (χ0n) is 10.2. The maximum atomic E-state index is 11.8. The number of hydrogen-bond donors (Lipinski definition) is 1. The molecule has 0 bridgehead atoms. The van der Waals surface area contributed by atoms with Gasteiger partial charge in [0.1, 0.15) is 0 Å². The van der Waals surface area contributed by atoms with Gasteiger partial charge in [-0.25, -0.2) is 8.42 Å². The third-order valence-electron chi connectivity index (χ3n) is 3.09. The number of benzene rings is 1. The van der Waals surface area contributed by atoms with Crippen LogP contribution in [0.4, 0.5) is 5.69 Å². The lowest BCUT2D eigenvalue weighted by atomic mass is 9.94. The highest BCUT2D eigenvalue weighted by Gasteiger charge is 2.28. The molecule has 1 unspecified atom stereocenters. The van der Waals surface area contributed by atoms with Crippen molar-refractivity contribution >= 4 is 15.7 Å². The van der Waals surface area contributed by atoms with E-state index < -0.39 is 10.0 Å². The average Bonchev–Trinajstić information content (AvgIpc) is 2.27. The standard InChI is InChI=1S/C12H18N2O2S/c1-13-8-10-7-11-5-3-4-6-12(11)14(9-10)17(2,15)16/h3-6,10,13H,7-9H2,1-2H3. The summed E-state index contributed by atoms with van der Waals surface area (Å²) in [4.78, 5) is 0. The number of sulfonamides is 1. The largest absolute Gasteiger partial charge is 0.319 e. The average molecular weight is 254 g/mol. The molecule has 2 rings (SSSR count). The molecular weight excluding hydrogens is 236 g/mol. The molecule has 1 aliphatic heterocycles. The number of fused-ring (bicyclic) bond motifs is 1. The third-order valence-corrected chi connectivity index (χ3v) is 4.23. The van der Waals surface area contributed by atoms with Crippen molar-refractivity contribution in [3.8, 4) is 0 Å². The quantitative estimate of drug-likeness (QED) is 0.870. The lowest BCUT2D eigenvalue weighted by Gasteiger charge is -2.34. The van der Waals surface area contributed by atoms with Crippen LogP contribution in [0.5, 0.6) is 0 Å². The highest BCUT2D eigenvalue weighted by Crippen LogP contribution is 2.30. The number of para-hydroxylation sites is 1. The first-order valence-electron chi connectivity index (χ1n) is 5.72. The van der Waals surface area contributed by atoms with E-state index in [0.29, 0.717) is 12.5 Å². The van der Waals surface area contributed by atoms with E-state index in [-0.39, 0.29) is 0 Å². The first-order valence-corrected chi connectivity index (χ1v) is 7.57. The van der Waals surface area contributed by atoms with Crippen LogP contribution >= 0.6 is 0 Å². The zero-order chi connectivity index (χ0) is 12.5. The number of hydrogen-bond acceptors (Lipinski definition) is 3. The monoisotopic (exact) mass is 254 g/mol. The summed E-state index contributed by atoms with van der Waals surface area (Å²) in [5.41, 5.74) is 1.95. The van der Waals surface area contributed by atoms with Gasteiger partial charge in [0, 0.05) is 6.54 Å². The SMILES string of the molecule is CNCC1Cc2ccccc2N(S(C)(=O)=O)C1. The van der Waals surface area contributed by atoms with Gasteiger partial charge in [0.15, 0.2) is 0 Å². The Balaban J connectivity index is 2.39. The summed E-state index contributed by atoms with van der Waals surface area (Å²) in [5, 5.41) is 3.12. The molecular formula is C12H18N2O2S. The summed E-state index contributed by atoms with van der Waals surface area (Å²) < 4.78 is 25.1. The Morgan fingerprint density at radius 3 is 2.76 bits per heavy atom. The van der Waals surface area contributed by atoms with Crippen molar-refractivity contribution in [2.75, 3.05) is 30.7 Å². The van der Waals surface area contributed by atoms with Crippen LogP contribution in [0, 0.1) is 5.92 Å². The van der Waals surface area contributed by atoms with Crippen molar-refractivity contribution in [2.24, 2.45) is 5.92 Å². The fraction of sp³-hybridized carbons (Fsp3) is 0.500. The predicted octanol–water partition coefficient (Wildman–Crippen LogP) is 0.844. The molecule has 1 aromatic rings. The Hall–Kier alpha value is -1.07. The molecule has 0 saturated carbocycles. The Kier molecular flexibility index (Phi) is 3.40. The van der Waals surface area contributed by atoms with Gasteiger partial charge in [-0.1, -0.05) is 18.2 Å². The Bertz CT molecular complexity index is 499.